The summed E-state index contributed by atoms with van der Waals surface area (Å²) in [5.41, 5.74) is 0. The van der Waals surface area contributed by atoms with E-state index in [1.54, 1.807) is 6.26 Å². The fourth-order valence-corrected chi connectivity index (χ4v) is 1.92. The molecule has 0 fully saturated rings. The van der Waals surface area contributed by atoms with Crippen molar-refractivity contribution in [2.45, 2.75) is 38.6 Å². The third kappa shape index (κ3) is 4.06. The standard InChI is InChI=1S/C11H21N3OS/c1-4-14-8-7-13-11(14)9-12-6-5-10(2)16(3)15/h7-8,10,12H,4-6,9H2,1-3H3. The molecule has 1 rings (SSSR count). The van der Waals surface area contributed by atoms with Gasteiger partial charge in [-0.3, -0.25) is 4.21 Å². The zero-order chi connectivity index (χ0) is 12.0. The molecule has 0 aromatic carbocycles. The molecule has 1 N–H and O–H groups in total. The highest BCUT2D eigenvalue weighted by Crippen LogP contribution is 1.99. The molecule has 1 aromatic rings. The van der Waals surface area contributed by atoms with E-state index in [0.29, 0.717) is 0 Å². The van der Waals surface area contributed by atoms with Gasteiger partial charge in [-0.2, -0.15) is 0 Å². The lowest BCUT2D eigenvalue weighted by Crippen LogP contribution is -2.22. The summed E-state index contributed by atoms with van der Waals surface area (Å²) in [7, 11) is -0.717. The van der Waals surface area contributed by atoms with Crippen molar-refractivity contribution >= 4 is 10.8 Å². The van der Waals surface area contributed by atoms with Gasteiger partial charge in [0.25, 0.3) is 0 Å². The summed E-state index contributed by atoms with van der Waals surface area (Å²) in [6.07, 6.45) is 6.51. The van der Waals surface area contributed by atoms with E-state index in [1.165, 1.54) is 0 Å². The monoisotopic (exact) mass is 243 g/mol. The van der Waals surface area contributed by atoms with Gasteiger partial charge in [0.15, 0.2) is 0 Å². The van der Waals surface area contributed by atoms with Crippen molar-refractivity contribution in [1.29, 1.82) is 0 Å². The number of aryl methyl sites for hydroxylation is 1. The zero-order valence-electron chi connectivity index (χ0n) is 10.3. The molecule has 16 heavy (non-hydrogen) atoms. The van der Waals surface area contributed by atoms with Gasteiger partial charge in [0.05, 0.1) is 6.54 Å². The molecule has 0 spiro atoms. The minimum absolute atomic E-state index is 0.262. The Hall–Kier alpha value is -0.680. The molecule has 0 saturated heterocycles. The van der Waals surface area contributed by atoms with Gasteiger partial charge >= 0.3 is 0 Å². The first-order valence-electron chi connectivity index (χ1n) is 5.68. The quantitative estimate of drug-likeness (QED) is 0.731. The maximum absolute atomic E-state index is 11.1. The second-order valence-electron chi connectivity index (χ2n) is 3.90. The molecular formula is C11H21N3OS. The molecule has 2 unspecified atom stereocenters. The highest BCUT2D eigenvalue weighted by Gasteiger charge is 2.05. The number of hydrogen-bond donors (Lipinski definition) is 1. The summed E-state index contributed by atoms with van der Waals surface area (Å²) < 4.78 is 13.3. The van der Waals surface area contributed by atoms with E-state index in [2.05, 4.69) is 21.8 Å². The maximum atomic E-state index is 11.1. The molecule has 0 saturated carbocycles. The fourth-order valence-electron chi connectivity index (χ4n) is 1.47. The summed E-state index contributed by atoms with van der Waals surface area (Å²) in [6.45, 7) is 6.74. The van der Waals surface area contributed by atoms with Crippen molar-refractivity contribution in [3.05, 3.63) is 18.2 Å². The summed E-state index contributed by atoms with van der Waals surface area (Å²) in [6, 6.07) is 0. The molecule has 0 aliphatic heterocycles. The largest absolute Gasteiger partial charge is 0.334 e. The van der Waals surface area contributed by atoms with E-state index in [-0.39, 0.29) is 5.25 Å². The molecule has 2 atom stereocenters. The van der Waals surface area contributed by atoms with Crippen LogP contribution in [0.1, 0.15) is 26.1 Å². The van der Waals surface area contributed by atoms with E-state index in [9.17, 15) is 4.21 Å². The van der Waals surface area contributed by atoms with E-state index >= 15 is 0 Å². The number of aromatic nitrogens is 2. The van der Waals surface area contributed by atoms with Crippen LogP contribution in [0, 0.1) is 0 Å². The first-order chi connectivity index (χ1) is 7.65. The minimum atomic E-state index is -0.717. The number of imidazole rings is 1. The van der Waals surface area contributed by atoms with E-state index in [1.807, 2.05) is 19.3 Å². The molecule has 0 radical (unpaired) electrons. The molecule has 4 nitrogen and oxygen atoms in total. The topological polar surface area (TPSA) is 46.9 Å². The van der Waals surface area contributed by atoms with Crippen molar-refractivity contribution in [3.8, 4) is 0 Å². The third-order valence-corrected chi connectivity index (χ3v) is 4.09. The number of hydrogen-bond acceptors (Lipinski definition) is 3. The van der Waals surface area contributed by atoms with Crippen molar-refractivity contribution in [2.24, 2.45) is 0 Å². The van der Waals surface area contributed by atoms with Crippen LogP contribution < -0.4 is 5.32 Å². The van der Waals surface area contributed by atoms with Gasteiger partial charge in [-0.15, -0.1) is 0 Å². The molecule has 0 aliphatic rings. The lowest BCUT2D eigenvalue weighted by atomic mass is 10.3. The SMILES string of the molecule is CCn1ccnc1CNCCC(C)S(C)=O. The number of nitrogens with zero attached hydrogens (tertiary/aromatic N) is 2. The predicted molar refractivity (Wildman–Crippen MR) is 67.8 cm³/mol. The van der Waals surface area contributed by atoms with Crippen molar-refractivity contribution in [1.82, 2.24) is 14.9 Å². The van der Waals surface area contributed by atoms with Gasteiger partial charge < -0.3 is 9.88 Å². The van der Waals surface area contributed by atoms with E-state index in [0.717, 1.165) is 31.9 Å². The van der Waals surface area contributed by atoms with E-state index in [4.69, 9.17) is 0 Å². The Balaban J connectivity index is 2.23. The molecule has 1 aromatic heterocycles. The minimum Gasteiger partial charge on any atom is -0.334 e. The smallest absolute Gasteiger partial charge is 0.122 e. The zero-order valence-corrected chi connectivity index (χ0v) is 11.1. The summed E-state index contributed by atoms with van der Waals surface area (Å²) in [5, 5.41) is 3.59. The van der Waals surface area contributed by atoms with Gasteiger partial charge in [-0.1, -0.05) is 6.92 Å². The highest BCUT2D eigenvalue weighted by atomic mass is 32.2. The Bertz CT molecular complexity index is 338. The van der Waals surface area contributed by atoms with Crippen LogP contribution in [0.4, 0.5) is 0 Å². The lowest BCUT2D eigenvalue weighted by Gasteiger charge is -2.09. The normalized spacial score (nSPS) is 14.9. The molecular weight excluding hydrogens is 222 g/mol. The van der Waals surface area contributed by atoms with Crippen LogP contribution in [0.15, 0.2) is 12.4 Å². The Morgan fingerprint density at radius 3 is 3.00 bits per heavy atom. The van der Waals surface area contributed by atoms with Crippen LogP contribution in [-0.2, 0) is 23.9 Å². The molecule has 0 amide bonds. The maximum Gasteiger partial charge on any atom is 0.122 e. The van der Waals surface area contributed by atoms with Gasteiger partial charge in [0, 0.05) is 41.2 Å². The fraction of sp³-hybridized carbons (Fsp3) is 0.727. The second-order valence-corrected chi connectivity index (χ2v) is 5.71. The molecule has 1 heterocycles. The number of rotatable bonds is 7. The van der Waals surface area contributed by atoms with Gasteiger partial charge in [0.2, 0.25) is 0 Å². The Kier molecular flexibility index (Phi) is 5.69. The Labute approximate surface area is 99.9 Å². The molecule has 0 bridgehead atoms. The predicted octanol–water partition coefficient (Wildman–Crippen LogP) is 1.15. The first kappa shape index (κ1) is 13.4. The van der Waals surface area contributed by atoms with E-state index < -0.39 is 10.8 Å². The second kappa shape index (κ2) is 6.81. The van der Waals surface area contributed by atoms with Crippen LogP contribution in [0.2, 0.25) is 0 Å². The summed E-state index contributed by atoms with van der Waals surface area (Å²) in [4.78, 5) is 4.28. The molecule has 0 aliphatic carbocycles. The van der Waals surface area contributed by atoms with Gasteiger partial charge in [-0.25, -0.2) is 4.98 Å². The van der Waals surface area contributed by atoms with Crippen LogP contribution in [0.25, 0.3) is 0 Å². The summed E-state index contributed by atoms with van der Waals surface area (Å²) in [5.74, 6) is 1.06. The van der Waals surface area contributed by atoms with Crippen LogP contribution in [0.3, 0.4) is 0 Å². The van der Waals surface area contributed by atoms with Crippen molar-refractivity contribution in [3.63, 3.8) is 0 Å². The van der Waals surface area contributed by atoms with Crippen LogP contribution in [0.5, 0.6) is 0 Å². The average Bonchev–Trinajstić information content (AvgIpc) is 2.71. The van der Waals surface area contributed by atoms with Crippen molar-refractivity contribution < 1.29 is 4.21 Å². The van der Waals surface area contributed by atoms with Crippen LogP contribution in [-0.4, -0.2) is 31.8 Å². The highest BCUT2D eigenvalue weighted by molar-refractivity contribution is 7.84. The van der Waals surface area contributed by atoms with Crippen molar-refractivity contribution in [2.75, 3.05) is 12.8 Å². The Morgan fingerprint density at radius 1 is 1.62 bits per heavy atom. The third-order valence-electron chi connectivity index (χ3n) is 2.72. The van der Waals surface area contributed by atoms with Crippen LogP contribution >= 0.6 is 0 Å². The lowest BCUT2D eigenvalue weighted by molar-refractivity contribution is 0.590. The average molecular weight is 243 g/mol. The first-order valence-corrected chi connectivity index (χ1v) is 7.30. The number of nitrogens with one attached hydrogen (secondary N) is 1. The molecule has 5 heteroatoms. The molecule has 92 valence electrons. The summed E-state index contributed by atoms with van der Waals surface area (Å²) >= 11 is 0. The van der Waals surface area contributed by atoms with Gasteiger partial charge in [0.1, 0.15) is 5.82 Å². The van der Waals surface area contributed by atoms with Gasteiger partial charge in [-0.05, 0) is 19.9 Å². The Morgan fingerprint density at radius 2 is 2.38 bits per heavy atom.